The summed E-state index contributed by atoms with van der Waals surface area (Å²) in [5.74, 6) is 0.382. The zero-order valence-corrected chi connectivity index (χ0v) is 8.16. The van der Waals surface area contributed by atoms with Crippen molar-refractivity contribution in [2.24, 2.45) is 4.99 Å². The molecule has 0 radical (unpaired) electrons. The van der Waals surface area contributed by atoms with Crippen LogP contribution in [0.2, 0.25) is 0 Å². The summed E-state index contributed by atoms with van der Waals surface area (Å²) in [4.78, 5) is 13.9. The molecule has 1 rings (SSSR count). The Bertz CT molecular complexity index is 349. The van der Waals surface area contributed by atoms with Gasteiger partial charge >= 0.3 is 0 Å². The highest BCUT2D eigenvalue weighted by Gasteiger charge is 2.05. The fraction of sp³-hybridized carbons (Fsp3) is 0.364. The molecule has 68 valence electrons. The van der Waals surface area contributed by atoms with E-state index in [1.165, 1.54) is 0 Å². The highest BCUT2D eigenvalue weighted by molar-refractivity contribution is 5.55. The summed E-state index contributed by atoms with van der Waals surface area (Å²) < 4.78 is 0. The Balaban J connectivity index is 3.26. The smallest absolute Gasteiger partial charge is 0.211 e. The van der Waals surface area contributed by atoms with Gasteiger partial charge in [0.05, 0.1) is 5.69 Å². The number of hydrogen-bond donors (Lipinski definition) is 0. The van der Waals surface area contributed by atoms with Crippen molar-refractivity contribution in [1.29, 1.82) is 0 Å². The molecule has 0 amide bonds. The van der Waals surface area contributed by atoms with Crippen LogP contribution in [0.1, 0.15) is 30.9 Å². The van der Waals surface area contributed by atoms with Crippen LogP contribution in [-0.4, -0.2) is 6.08 Å². The van der Waals surface area contributed by atoms with Gasteiger partial charge in [-0.1, -0.05) is 26.0 Å². The minimum atomic E-state index is 0.382. The van der Waals surface area contributed by atoms with Crippen molar-refractivity contribution >= 4 is 11.8 Å². The molecule has 0 saturated carbocycles. The summed E-state index contributed by atoms with van der Waals surface area (Å²) in [6, 6.07) is 5.94. The second-order valence-corrected chi connectivity index (χ2v) is 3.42. The van der Waals surface area contributed by atoms with E-state index in [4.69, 9.17) is 0 Å². The number of nitrogens with zero attached hydrogens (tertiary/aromatic N) is 1. The maximum atomic E-state index is 10.2. The molecule has 0 spiro atoms. The van der Waals surface area contributed by atoms with Crippen LogP contribution in [0.3, 0.4) is 0 Å². The molecule has 0 N–H and O–H groups in total. The zero-order valence-electron chi connectivity index (χ0n) is 8.16. The number of hydrogen-bond acceptors (Lipinski definition) is 2. The van der Waals surface area contributed by atoms with Gasteiger partial charge in [0.1, 0.15) is 0 Å². The highest BCUT2D eigenvalue weighted by atomic mass is 16.1. The number of aryl methyl sites for hydroxylation is 1. The molecule has 2 nitrogen and oxygen atoms in total. The second-order valence-electron chi connectivity index (χ2n) is 3.42. The number of aliphatic imine (C=N–C) groups is 1. The van der Waals surface area contributed by atoms with Crippen molar-refractivity contribution < 1.29 is 4.79 Å². The third kappa shape index (κ3) is 2.27. The number of rotatable bonds is 2. The van der Waals surface area contributed by atoms with E-state index < -0.39 is 0 Å². The lowest BCUT2D eigenvalue weighted by molar-refractivity contribution is 0.565. The molecule has 0 atom stereocenters. The van der Waals surface area contributed by atoms with E-state index in [-0.39, 0.29) is 0 Å². The Kier molecular flexibility index (Phi) is 2.99. The van der Waals surface area contributed by atoms with Gasteiger partial charge in [-0.25, -0.2) is 4.79 Å². The minimum absolute atomic E-state index is 0.382. The Hall–Kier alpha value is -1.40. The molecular formula is C11H13NO. The Morgan fingerprint density at radius 3 is 2.62 bits per heavy atom. The molecule has 0 unspecified atom stereocenters. The van der Waals surface area contributed by atoms with Crippen LogP contribution in [0.15, 0.2) is 23.2 Å². The summed E-state index contributed by atoms with van der Waals surface area (Å²) in [6.07, 6.45) is 1.58. The lowest BCUT2D eigenvalue weighted by Crippen LogP contribution is -1.88. The molecule has 0 fully saturated rings. The van der Waals surface area contributed by atoms with Crippen molar-refractivity contribution in [3.8, 4) is 0 Å². The fourth-order valence-electron chi connectivity index (χ4n) is 1.29. The largest absolute Gasteiger partial charge is 0.240 e. The van der Waals surface area contributed by atoms with Crippen LogP contribution < -0.4 is 0 Å². The third-order valence-corrected chi connectivity index (χ3v) is 1.97. The van der Waals surface area contributed by atoms with E-state index >= 15 is 0 Å². The average molecular weight is 175 g/mol. The van der Waals surface area contributed by atoms with E-state index in [2.05, 4.69) is 18.8 Å². The lowest BCUT2D eigenvalue weighted by atomic mass is 10.00. The zero-order chi connectivity index (χ0) is 9.84. The van der Waals surface area contributed by atoms with Crippen molar-refractivity contribution in [1.82, 2.24) is 0 Å². The van der Waals surface area contributed by atoms with E-state index in [1.807, 2.05) is 25.1 Å². The highest BCUT2D eigenvalue weighted by Crippen LogP contribution is 2.27. The standard InChI is InChI=1S/C11H13NO/c1-8(2)10-5-4-9(3)6-11(10)12-7-13/h4-6,8H,1-3H3. The Labute approximate surface area is 78.3 Å². The van der Waals surface area contributed by atoms with E-state index in [1.54, 1.807) is 6.08 Å². The predicted molar refractivity (Wildman–Crippen MR) is 53.0 cm³/mol. The van der Waals surface area contributed by atoms with Gasteiger partial charge in [0.15, 0.2) is 0 Å². The van der Waals surface area contributed by atoms with Gasteiger partial charge in [0, 0.05) is 0 Å². The maximum absolute atomic E-state index is 10.2. The van der Waals surface area contributed by atoms with E-state index in [9.17, 15) is 4.79 Å². The average Bonchev–Trinajstić information content (AvgIpc) is 2.04. The molecular weight excluding hydrogens is 162 g/mol. The maximum Gasteiger partial charge on any atom is 0.240 e. The van der Waals surface area contributed by atoms with Gasteiger partial charge in [-0.15, -0.1) is 0 Å². The van der Waals surface area contributed by atoms with E-state index in [0.29, 0.717) is 5.92 Å². The number of isocyanates is 1. The summed E-state index contributed by atoms with van der Waals surface area (Å²) >= 11 is 0. The van der Waals surface area contributed by atoms with Gasteiger partial charge < -0.3 is 0 Å². The molecule has 0 aromatic heterocycles. The second kappa shape index (κ2) is 4.01. The molecule has 1 aromatic rings. The van der Waals surface area contributed by atoms with Crippen LogP contribution in [0, 0.1) is 6.92 Å². The quantitative estimate of drug-likeness (QED) is 0.501. The SMILES string of the molecule is Cc1ccc(C(C)C)c(N=C=O)c1. The minimum Gasteiger partial charge on any atom is -0.211 e. The van der Waals surface area contributed by atoms with Gasteiger partial charge in [0.2, 0.25) is 6.08 Å². The lowest BCUT2D eigenvalue weighted by Gasteiger charge is -2.08. The van der Waals surface area contributed by atoms with Gasteiger partial charge in [-0.2, -0.15) is 4.99 Å². The molecule has 0 bridgehead atoms. The fourth-order valence-corrected chi connectivity index (χ4v) is 1.29. The van der Waals surface area contributed by atoms with Gasteiger partial charge in [-0.05, 0) is 30.0 Å². The molecule has 0 aliphatic carbocycles. The molecule has 13 heavy (non-hydrogen) atoms. The molecule has 0 heterocycles. The van der Waals surface area contributed by atoms with E-state index in [0.717, 1.165) is 16.8 Å². The Morgan fingerprint density at radius 1 is 1.38 bits per heavy atom. The van der Waals surface area contributed by atoms with Crippen molar-refractivity contribution in [3.63, 3.8) is 0 Å². The summed E-state index contributed by atoms with van der Waals surface area (Å²) in [5.41, 5.74) is 2.94. The van der Waals surface area contributed by atoms with Crippen LogP contribution in [0.25, 0.3) is 0 Å². The monoisotopic (exact) mass is 175 g/mol. The van der Waals surface area contributed by atoms with Crippen LogP contribution in [0.4, 0.5) is 5.69 Å². The first-order valence-corrected chi connectivity index (χ1v) is 4.33. The van der Waals surface area contributed by atoms with Crippen LogP contribution in [0.5, 0.6) is 0 Å². The topological polar surface area (TPSA) is 29.4 Å². The van der Waals surface area contributed by atoms with Gasteiger partial charge in [0.25, 0.3) is 0 Å². The number of benzene rings is 1. The Morgan fingerprint density at radius 2 is 2.08 bits per heavy atom. The molecule has 0 aliphatic heterocycles. The first-order valence-electron chi connectivity index (χ1n) is 4.33. The van der Waals surface area contributed by atoms with Crippen molar-refractivity contribution in [3.05, 3.63) is 29.3 Å². The first-order chi connectivity index (χ1) is 6.15. The molecule has 1 aromatic carbocycles. The summed E-state index contributed by atoms with van der Waals surface area (Å²) in [5, 5.41) is 0. The number of carbonyl (C=O) groups excluding carboxylic acids is 1. The molecule has 0 saturated heterocycles. The first kappa shape index (κ1) is 9.69. The summed E-state index contributed by atoms with van der Waals surface area (Å²) in [7, 11) is 0. The molecule has 2 heteroatoms. The normalized spacial score (nSPS) is 9.85. The third-order valence-electron chi connectivity index (χ3n) is 1.97. The van der Waals surface area contributed by atoms with Gasteiger partial charge in [-0.3, -0.25) is 0 Å². The van der Waals surface area contributed by atoms with Crippen molar-refractivity contribution in [2.75, 3.05) is 0 Å². The van der Waals surface area contributed by atoms with Crippen LogP contribution in [-0.2, 0) is 4.79 Å². The predicted octanol–water partition coefficient (Wildman–Crippen LogP) is 3.09. The van der Waals surface area contributed by atoms with Crippen molar-refractivity contribution in [2.45, 2.75) is 26.7 Å². The summed E-state index contributed by atoms with van der Waals surface area (Å²) in [6.45, 7) is 6.14. The van der Waals surface area contributed by atoms with Crippen LogP contribution >= 0.6 is 0 Å². The molecule has 0 aliphatic rings.